The van der Waals surface area contributed by atoms with Crippen LogP contribution in [0.25, 0.3) is 23.2 Å². The third-order valence-corrected chi connectivity index (χ3v) is 4.56. The van der Waals surface area contributed by atoms with Crippen molar-refractivity contribution in [1.29, 1.82) is 0 Å². The quantitative estimate of drug-likeness (QED) is 0.518. The molecule has 0 saturated carbocycles. The first-order valence-electron chi connectivity index (χ1n) is 9.35. The highest BCUT2D eigenvalue weighted by Gasteiger charge is 2.12. The molecule has 0 fully saturated rings. The van der Waals surface area contributed by atoms with Crippen molar-refractivity contribution in [3.8, 4) is 5.75 Å². The molecule has 0 saturated heterocycles. The maximum atomic E-state index is 12.7. The molecule has 4 aromatic rings. The van der Waals surface area contributed by atoms with Gasteiger partial charge in [-0.15, -0.1) is 0 Å². The molecule has 1 heterocycles. The van der Waals surface area contributed by atoms with Gasteiger partial charge in [0, 0.05) is 11.8 Å². The number of hydrogen-bond acceptors (Lipinski definition) is 3. The van der Waals surface area contributed by atoms with E-state index in [0.29, 0.717) is 11.4 Å². The Labute approximate surface area is 169 Å². The summed E-state index contributed by atoms with van der Waals surface area (Å²) in [6, 6.07) is 25.1. The van der Waals surface area contributed by atoms with Gasteiger partial charge in [0.2, 0.25) is 5.91 Å². The molecule has 0 aliphatic rings. The number of aromatic nitrogens is 2. The van der Waals surface area contributed by atoms with Crippen molar-refractivity contribution in [3.63, 3.8) is 0 Å². The topological polar surface area (TPSA) is 56.1 Å². The predicted molar refractivity (Wildman–Crippen MR) is 117 cm³/mol. The minimum atomic E-state index is -0.129. The molecule has 29 heavy (non-hydrogen) atoms. The number of nitrogens with zero attached hydrogens (tertiary/aromatic N) is 2. The molecule has 1 N–H and O–H groups in total. The summed E-state index contributed by atoms with van der Waals surface area (Å²) in [6.07, 6.45) is 3.94. The van der Waals surface area contributed by atoms with E-state index < -0.39 is 0 Å². The summed E-state index contributed by atoms with van der Waals surface area (Å²) in [5.74, 6) is 1.30. The zero-order chi connectivity index (χ0) is 20.1. The van der Waals surface area contributed by atoms with Gasteiger partial charge < -0.3 is 14.6 Å². The fourth-order valence-electron chi connectivity index (χ4n) is 3.17. The SMILES string of the molecule is COc1cccc(NC(=O)Cn2c(/C=C/c3ccccc3)nc3ccccc32)c1. The fraction of sp³-hybridized carbons (Fsp3) is 0.0833. The van der Waals surface area contributed by atoms with E-state index in [2.05, 4.69) is 5.32 Å². The van der Waals surface area contributed by atoms with Gasteiger partial charge in [-0.1, -0.05) is 54.6 Å². The van der Waals surface area contributed by atoms with Gasteiger partial charge in [-0.2, -0.15) is 0 Å². The number of carbonyl (C=O) groups excluding carboxylic acids is 1. The van der Waals surface area contributed by atoms with Crippen LogP contribution >= 0.6 is 0 Å². The second-order valence-corrected chi connectivity index (χ2v) is 6.57. The fourth-order valence-corrected chi connectivity index (χ4v) is 3.17. The number of rotatable bonds is 6. The molecule has 3 aromatic carbocycles. The summed E-state index contributed by atoms with van der Waals surface area (Å²) in [5.41, 5.74) is 3.54. The van der Waals surface area contributed by atoms with Crippen molar-refractivity contribution in [3.05, 3.63) is 90.3 Å². The van der Waals surface area contributed by atoms with Gasteiger partial charge in [-0.05, 0) is 35.9 Å². The molecule has 0 unspecified atom stereocenters. The van der Waals surface area contributed by atoms with Gasteiger partial charge in [0.15, 0.2) is 0 Å². The van der Waals surface area contributed by atoms with Crippen LogP contribution in [0.5, 0.6) is 5.75 Å². The Morgan fingerprint density at radius 2 is 1.79 bits per heavy atom. The zero-order valence-corrected chi connectivity index (χ0v) is 16.1. The Morgan fingerprint density at radius 1 is 1.00 bits per heavy atom. The van der Waals surface area contributed by atoms with Crippen LogP contribution in [0, 0.1) is 0 Å². The number of benzene rings is 3. The van der Waals surface area contributed by atoms with Crippen LogP contribution in [0.2, 0.25) is 0 Å². The van der Waals surface area contributed by atoms with Gasteiger partial charge in [0.05, 0.1) is 18.1 Å². The predicted octanol–water partition coefficient (Wildman–Crippen LogP) is 4.85. The molecular formula is C24H21N3O2. The average molecular weight is 383 g/mol. The molecule has 0 aliphatic carbocycles. The standard InChI is InChI=1S/C24H21N3O2/c1-29-20-11-7-10-19(16-20)25-24(28)17-27-22-13-6-5-12-21(22)26-23(27)15-14-18-8-3-2-4-9-18/h2-16H,17H2,1H3,(H,25,28)/b15-14+. The number of para-hydroxylation sites is 2. The van der Waals surface area contributed by atoms with Gasteiger partial charge >= 0.3 is 0 Å². The summed E-state index contributed by atoms with van der Waals surface area (Å²) >= 11 is 0. The largest absolute Gasteiger partial charge is 0.497 e. The van der Waals surface area contributed by atoms with E-state index in [1.54, 1.807) is 13.2 Å². The molecule has 4 rings (SSSR count). The summed E-state index contributed by atoms with van der Waals surface area (Å²) in [5, 5.41) is 2.93. The van der Waals surface area contributed by atoms with Crippen molar-refractivity contribution < 1.29 is 9.53 Å². The van der Waals surface area contributed by atoms with E-state index in [-0.39, 0.29) is 12.5 Å². The lowest BCUT2D eigenvalue weighted by Crippen LogP contribution is -2.19. The molecule has 0 radical (unpaired) electrons. The van der Waals surface area contributed by atoms with Crippen LogP contribution in [0.3, 0.4) is 0 Å². The Bertz CT molecular complexity index is 1160. The molecule has 5 nitrogen and oxygen atoms in total. The summed E-state index contributed by atoms with van der Waals surface area (Å²) < 4.78 is 7.14. The van der Waals surface area contributed by atoms with Crippen molar-refractivity contribution in [1.82, 2.24) is 9.55 Å². The first-order valence-corrected chi connectivity index (χ1v) is 9.35. The van der Waals surface area contributed by atoms with E-state index in [4.69, 9.17) is 9.72 Å². The number of fused-ring (bicyclic) bond motifs is 1. The highest BCUT2D eigenvalue weighted by molar-refractivity contribution is 5.92. The number of hydrogen-bond donors (Lipinski definition) is 1. The van der Waals surface area contributed by atoms with Crippen LogP contribution in [0.1, 0.15) is 11.4 Å². The lowest BCUT2D eigenvalue weighted by atomic mass is 10.2. The highest BCUT2D eigenvalue weighted by Crippen LogP contribution is 2.20. The van der Waals surface area contributed by atoms with E-state index >= 15 is 0 Å². The Hall–Kier alpha value is -3.86. The van der Waals surface area contributed by atoms with Crippen molar-refractivity contribution in [2.45, 2.75) is 6.54 Å². The van der Waals surface area contributed by atoms with Crippen LogP contribution in [0.15, 0.2) is 78.9 Å². The Balaban J connectivity index is 1.61. The second kappa shape index (κ2) is 8.44. The van der Waals surface area contributed by atoms with Gasteiger partial charge in [0.25, 0.3) is 0 Å². The van der Waals surface area contributed by atoms with E-state index in [9.17, 15) is 4.79 Å². The summed E-state index contributed by atoms with van der Waals surface area (Å²) in [4.78, 5) is 17.4. The molecular weight excluding hydrogens is 362 g/mol. The summed E-state index contributed by atoms with van der Waals surface area (Å²) in [6.45, 7) is 0.159. The lowest BCUT2D eigenvalue weighted by molar-refractivity contribution is -0.116. The molecule has 1 aromatic heterocycles. The minimum Gasteiger partial charge on any atom is -0.497 e. The Kier molecular flexibility index (Phi) is 5.38. The van der Waals surface area contributed by atoms with Crippen LogP contribution in [0.4, 0.5) is 5.69 Å². The van der Waals surface area contributed by atoms with Crippen molar-refractivity contribution in [2.75, 3.05) is 12.4 Å². The smallest absolute Gasteiger partial charge is 0.244 e. The summed E-state index contributed by atoms with van der Waals surface area (Å²) in [7, 11) is 1.60. The third-order valence-electron chi connectivity index (χ3n) is 4.56. The molecule has 0 atom stereocenters. The molecule has 1 amide bonds. The molecule has 144 valence electrons. The van der Waals surface area contributed by atoms with Crippen molar-refractivity contribution in [2.24, 2.45) is 0 Å². The molecule has 0 spiro atoms. The maximum Gasteiger partial charge on any atom is 0.244 e. The first kappa shape index (κ1) is 18.5. The second-order valence-electron chi connectivity index (χ2n) is 6.57. The number of methoxy groups -OCH3 is 1. The monoisotopic (exact) mass is 383 g/mol. The van der Waals surface area contributed by atoms with E-state index in [1.807, 2.05) is 89.5 Å². The van der Waals surface area contributed by atoms with Crippen LogP contribution < -0.4 is 10.1 Å². The number of anilines is 1. The van der Waals surface area contributed by atoms with Crippen LogP contribution in [-0.4, -0.2) is 22.6 Å². The minimum absolute atomic E-state index is 0.129. The normalized spacial score (nSPS) is 11.1. The third kappa shape index (κ3) is 4.35. The lowest BCUT2D eigenvalue weighted by Gasteiger charge is -2.09. The molecule has 5 heteroatoms. The van der Waals surface area contributed by atoms with Gasteiger partial charge in [-0.25, -0.2) is 4.98 Å². The Morgan fingerprint density at radius 3 is 2.62 bits per heavy atom. The highest BCUT2D eigenvalue weighted by atomic mass is 16.5. The van der Waals surface area contributed by atoms with Gasteiger partial charge in [0.1, 0.15) is 18.1 Å². The number of amides is 1. The zero-order valence-electron chi connectivity index (χ0n) is 16.1. The first-order chi connectivity index (χ1) is 14.2. The number of carbonyl (C=O) groups is 1. The molecule has 0 aliphatic heterocycles. The number of ether oxygens (including phenoxy) is 1. The van der Waals surface area contributed by atoms with Crippen LogP contribution in [-0.2, 0) is 11.3 Å². The van der Waals surface area contributed by atoms with Gasteiger partial charge in [-0.3, -0.25) is 4.79 Å². The van der Waals surface area contributed by atoms with Crippen molar-refractivity contribution >= 4 is 34.8 Å². The average Bonchev–Trinajstić information content (AvgIpc) is 3.10. The number of imidazole rings is 1. The molecule has 0 bridgehead atoms. The maximum absolute atomic E-state index is 12.7. The number of nitrogens with one attached hydrogen (secondary N) is 1. The van der Waals surface area contributed by atoms with E-state index in [1.165, 1.54) is 0 Å². The van der Waals surface area contributed by atoms with E-state index in [0.717, 1.165) is 22.4 Å².